The quantitative estimate of drug-likeness (QED) is 0.274. The minimum Gasteiger partial charge on any atom is -0.389 e. The van der Waals surface area contributed by atoms with E-state index in [-0.39, 0.29) is 6.10 Å². The summed E-state index contributed by atoms with van der Waals surface area (Å²) < 4.78 is 0. The van der Waals surface area contributed by atoms with Gasteiger partial charge in [-0.3, -0.25) is 0 Å². The Morgan fingerprint density at radius 2 is 1.41 bits per heavy atom. The van der Waals surface area contributed by atoms with Crippen LogP contribution < -0.4 is 0 Å². The third-order valence-corrected chi connectivity index (χ3v) is 4.52. The molecule has 0 saturated carbocycles. The van der Waals surface area contributed by atoms with Crippen molar-refractivity contribution in [3.63, 3.8) is 0 Å². The van der Waals surface area contributed by atoms with Gasteiger partial charge < -0.3 is 5.11 Å². The molecule has 0 aliphatic carbocycles. The van der Waals surface area contributed by atoms with Gasteiger partial charge in [0.2, 0.25) is 0 Å². The average Bonchev–Trinajstić information content (AvgIpc) is 2.54. The van der Waals surface area contributed by atoms with E-state index in [9.17, 15) is 5.11 Å². The van der Waals surface area contributed by atoms with Crippen LogP contribution in [0.3, 0.4) is 0 Å². The third kappa shape index (κ3) is 12.9. The van der Waals surface area contributed by atoms with Crippen LogP contribution in [-0.2, 0) is 0 Å². The molecule has 0 fully saturated rings. The van der Waals surface area contributed by atoms with E-state index in [1.807, 2.05) is 0 Å². The zero-order chi connectivity index (χ0) is 16.5. The second-order valence-corrected chi connectivity index (χ2v) is 6.51. The molecule has 0 rings (SSSR count). The highest BCUT2D eigenvalue weighted by atomic mass is 16.3. The van der Waals surface area contributed by atoms with Crippen LogP contribution in [0.1, 0.15) is 96.8 Å². The zero-order valence-electron chi connectivity index (χ0n) is 14.7. The molecule has 2 heteroatoms. The largest absolute Gasteiger partial charge is 0.389 e. The number of hydrogen-bond acceptors (Lipinski definition) is 2. The summed E-state index contributed by atoms with van der Waals surface area (Å²) in [6.07, 6.45) is 18.1. The molecule has 2 unspecified atom stereocenters. The van der Waals surface area contributed by atoms with Gasteiger partial charge in [-0.05, 0) is 25.2 Å². The van der Waals surface area contributed by atoms with E-state index in [2.05, 4.69) is 19.6 Å². The van der Waals surface area contributed by atoms with Gasteiger partial charge in [0, 0.05) is 6.42 Å². The van der Waals surface area contributed by atoms with E-state index in [1.54, 1.807) is 6.08 Å². The van der Waals surface area contributed by atoms with Crippen LogP contribution in [0.2, 0.25) is 0 Å². The van der Waals surface area contributed by atoms with Crippen molar-refractivity contribution in [2.24, 2.45) is 5.92 Å². The van der Waals surface area contributed by atoms with E-state index in [0.717, 1.165) is 19.3 Å². The molecule has 0 radical (unpaired) electrons. The molecule has 0 aromatic rings. The van der Waals surface area contributed by atoms with Crippen molar-refractivity contribution in [3.05, 3.63) is 12.7 Å². The summed E-state index contributed by atoms with van der Waals surface area (Å²) in [6.45, 7) is 5.96. The fraction of sp³-hybridized carbons (Fsp3) is 0.850. The maximum absolute atomic E-state index is 10.0. The van der Waals surface area contributed by atoms with E-state index in [0.29, 0.717) is 12.3 Å². The smallest absolute Gasteiger partial charge is 0.0746 e. The summed E-state index contributed by atoms with van der Waals surface area (Å²) in [4.78, 5) is 0. The Morgan fingerprint density at radius 1 is 0.909 bits per heavy atom. The molecule has 0 bridgehead atoms. The Kier molecular flexibility index (Phi) is 15.9. The lowest BCUT2D eigenvalue weighted by atomic mass is 9.90. The van der Waals surface area contributed by atoms with Gasteiger partial charge >= 0.3 is 0 Å². The summed E-state index contributed by atoms with van der Waals surface area (Å²) in [6, 6.07) is 2.20. The molecule has 0 aliphatic rings. The molecule has 0 aromatic heterocycles. The van der Waals surface area contributed by atoms with E-state index >= 15 is 0 Å². The van der Waals surface area contributed by atoms with Crippen LogP contribution in [-0.4, -0.2) is 11.2 Å². The molecule has 128 valence electrons. The van der Waals surface area contributed by atoms with Crippen LogP contribution >= 0.6 is 0 Å². The molecule has 0 aliphatic heterocycles. The molecular formula is C20H37NO. The lowest BCUT2D eigenvalue weighted by Crippen LogP contribution is -2.17. The zero-order valence-corrected chi connectivity index (χ0v) is 14.7. The number of unbranched alkanes of at least 4 members (excludes halogenated alkanes) is 10. The molecule has 0 heterocycles. The normalized spacial score (nSPS) is 13.5. The topological polar surface area (TPSA) is 44.0 Å². The molecule has 2 atom stereocenters. The van der Waals surface area contributed by atoms with Gasteiger partial charge in [-0.25, -0.2) is 0 Å². The highest BCUT2D eigenvalue weighted by molar-refractivity contribution is 4.84. The molecular weight excluding hydrogens is 270 g/mol. The van der Waals surface area contributed by atoms with Crippen LogP contribution in [0.4, 0.5) is 0 Å². The number of aliphatic hydroxyl groups excluding tert-OH is 1. The summed E-state index contributed by atoms with van der Waals surface area (Å²) in [5.41, 5.74) is 0. The Hall–Kier alpha value is -0.810. The number of nitriles is 1. The number of aliphatic hydroxyl groups is 1. The molecule has 0 saturated heterocycles. The summed E-state index contributed by atoms with van der Waals surface area (Å²) in [5.74, 6) is 0.412. The maximum atomic E-state index is 10.0. The number of nitrogens with zero attached hydrogens (tertiary/aromatic N) is 1. The van der Waals surface area contributed by atoms with E-state index in [1.165, 1.54) is 64.2 Å². The van der Waals surface area contributed by atoms with Crippen LogP contribution in [0.15, 0.2) is 12.7 Å². The molecule has 22 heavy (non-hydrogen) atoms. The Bertz CT molecular complexity index is 282. The van der Waals surface area contributed by atoms with E-state index < -0.39 is 0 Å². The molecule has 0 spiro atoms. The minimum atomic E-state index is -0.322. The standard InChI is InChI=1S/C20H37NO/c1-3-5-13-16-19(20(22)4-2)17-14-11-9-7-6-8-10-12-15-18-21/h4,19-20,22H,2-3,5-17H2,1H3. The van der Waals surface area contributed by atoms with Gasteiger partial charge in [0.25, 0.3) is 0 Å². The Balaban J connectivity index is 3.54. The van der Waals surface area contributed by atoms with Crippen molar-refractivity contribution in [3.8, 4) is 6.07 Å². The van der Waals surface area contributed by atoms with Gasteiger partial charge in [-0.15, -0.1) is 6.58 Å². The van der Waals surface area contributed by atoms with Crippen molar-refractivity contribution < 1.29 is 5.11 Å². The van der Waals surface area contributed by atoms with E-state index in [4.69, 9.17) is 5.26 Å². The predicted octanol–water partition coefficient (Wildman–Crippen LogP) is 6.15. The van der Waals surface area contributed by atoms with Crippen molar-refractivity contribution >= 4 is 0 Å². The summed E-state index contributed by atoms with van der Waals surface area (Å²) in [5, 5.41) is 18.5. The number of hydrogen-bond donors (Lipinski definition) is 1. The van der Waals surface area contributed by atoms with Crippen LogP contribution in [0, 0.1) is 17.2 Å². The van der Waals surface area contributed by atoms with Crippen molar-refractivity contribution in [2.45, 2.75) is 103 Å². The Morgan fingerprint density at radius 3 is 1.91 bits per heavy atom. The van der Waals surface area contributed by atoms with Crippen LogP contribution in [0.25, 0.3) is 0 Å². The first-order chi connectivity index (χ1) is 10.8. The molecule has 2 nitrogen and oxygen atoms in total. The van der Waals surface area contributed by atoms with Crippen LogP contribution in [0.5, 0.6) is 0 Å². The SMILES string of the molecule is C=CC(O)C(CCCCC)CCCCCCCCCCC#N. The fourth-order valence-corrected chi connectivity index (χ4v) is 3.01. The first-order valence-electron chi connectivity index (χ1n) is 9.43. The van der Waals surface area contributed by atoms with Crippen molar-refractivity contribution in [1.82, 2.24) is 0 Å². The van der Waals surface area contributed by atoms with Gasteiger partial charge in [0.15, 0.2) is 0 Å². The van der Waals surface area contributed by atoms with Crippen molar-refractivity contribution in [1.29, 1.82) is 5.26 Å². The highest BCUT2D eigenvalue weighted by Crippen LogP contribution is 2.22. The third-order valence-electron chi connectivity index (χ3n) is 4.52. The van der Waals surface area contributed by atoms with Crippen molar-refractivity contribution in [2.75, 3.05) is 0 Å². The lowest BCUT2D eigenvalue weighted by molar-refractivity contribution is 0.136. The Labute approximate surface area is 138 Å². The average molecular weight is 308 g/mol. The van der Waals surface area contributed by atoms with Gasteiger partial charge in [-0.1, -0.05) is 77.2 Å². The lowest BCUT2D eigenvalue weighted by Gasteiger charge is -2.20. The number of rotatable bonds is 16. The predicted molar refractivity (Wildman–Crippen MR) is 95.6 cm³/mol. The highest BCUT2D eigenvalue weighted by Gasteiger charge is 2.15. The van der Waals surface area contributed by atoms with Gasteiger partial charge in [0.05, 0.1) is 12.2 Å². The molecule has 0 amide bonds. The molecule has 1 N–H and O–H groups in total. The maximum Gasteiger partial charge on any atom is 0.0746 e. The second kappa shape index (κ2) is 16.6. The first kappa shape index (κ1) is 21.2. The minimum absolute atomic E-state index is 0.322. The first-order valence-corrected chi connectivity index (χ1v) is 9.43. The summed E-state index contributed by atoms with van der Waals surface area (Å²) >= 11 is 0. The monoisotopic (exact) mass is 307 g/mol. The second-order valence-electron chi connectivity index (χ2n) is 6.51. The fourth-order valence-electron chi connectivity index (χ4n) is 3.01. The van der Waals surface area contributed by atoms with Gasteiger partial charge in [-0.2, -0.15) is 5.26 Å². The molecule has 0 aromatic carbocycles. The van der Waals surface area contributed by atoms with Gasteiger partial charge in [0.1, 0.15) is 0 Å². The summed E-state index contributed by atoms with van der Waals surface area (Å²) in [7, 11) is 0.